The first kappa shape index (κ1) is 16.8. The second-order valence-corrected chi connectivity index (χ2v) is 6.10. The molecule has 4 rings (SSSR count). The van der Waals surface area contributed by atoms with Crippen molar-refractivity contribution in [1.29, 1.82) is 0 Å². The van der Waals surface area contributed by atoms with Gasteiger partial charge in [0.25, 0.3) is 5.91 Å². The van der Waals surface area contributed by atoms with E-state index in [0.717, 1.165) is 16.7 Å². The van der Waals surface area contributed by atoms with Gasteiger partial charge in [0.2, 0.25) is 6.79 Å². The number of rotatable bonds is 5. The van der Waals surface area contributed by atoms with Gasteiger partial charge in [-0.1, -0.05) is 60.7 Å². The van der Waals surface area contributed by atoms with Crippen molar-refractivity contribution in [3.63, 3.8) is 0 Å². The van der Waals surface area contributed by atoms with Crippen LogP contribution in [0.4, 0.5) is 0 Å². The van der Waals surface area contributed by atoms with Gasteiger partial charge in [0, 0.05) is 0 Å². The summed E-state index contributed by atoms with van der Waals surface area (Å²) < 4.78 is 10.6. The number of ether oxygens (including phenoxy) is 2. The van der Waals surface area contributed by atoms with Crippen LogP contribution in [-0.2, 0) is 4.79 Å². The summed E-state index contributed by atoms with van der Waals surface area (Å²) in [6, 6.07) is 24.8. The fourth-order valence-electron chi connectivity index (χ4n) is 3.01. The molecule has 3 aromatic carbocycles. The molecule has 5 nitrogen and oxygen atoms in total. The van der Waals surface area contributed by atoms with Crippen molar-refractivity contribution in [3.05, 3.63) is 95.6 Å². The summed E-state index contributed by atoms with van der Waals surface area (Å²) >= 11 is 0. The maximum Gasteiger partial charge on any atom is 0.252 e. The van der Waals surface area contributed by atoms with Gasteiger partial charge in [0.05, 0.1) is 12.1 Å². The van der Waals surface area contributed by atoms with Gasteiger partial charge in [-0.25, -0.2) is 5.43 Å². The minimum absolute atomic E-state index is 0.190. The summed E-state index contributed by atoms with van der Waals surface area (Å²) in [5.41, 5.74) is 5.30. The third-order valence-corrected chi connectivity index (χ3v) is 4.31. The van der Waals surface area contributed by atoms with Crippen LogP contribution in [0.15, 0.2) is 84.0 Å². The van der Waals surface area contributed by atoms with E-state index in [1.807, 2.05) is 78.9 Å². The van der Waals surface area contributed by atoms with Crippen LogP contribution in [0, 0.1) is 0 Å². The molecule has 1 amide bonds. The predicted octanol–water partition coefficient (Wildman–Crippen LogP) is 3.70. The fourth-order valence-corrected chi connectivity index (χ4v) is 3.01. The van der Waals surface area contributed by atoms with E-state index >= 15 is 0 Å². The Kier molecular flexibility index (Phi) is 4.83. The van der Waals surface area contributed by atoms with E-state index in [2.05, 4.69) is 10.5 Å². The molecule has 27 heavy (non-hydrogen) atoms. The predicted molar refractivity (Wildman–Crippen MR) is 103 cm³/mol. The maximum atomic E-state index is 12.9. The zero-order chi connectivity index (χ0) is 18.5. The molecule has 0 unspecified atom stereocenters. The highest BCUT2D eigenvalue weighted by atomic mass is 16.7. The Morgan fingerprint density at radius 3 is 2.19 bits per heavy atom. The number of nitrogens with one attached hydrogen (secondary N) is 1. The molecular weight excluding hydrogens is 340 g/mol. The second-order valence-electron chi connectivity index (χ2n) is 6.10. The molecule has 1 N–H and O–H groups in total. The van der Waals surface area contributed by atoms with Gasteiger partial charge < -0.3 is 9.47 Å². The van der Waals surface area contributed by atoms with Crippen LogP contribution < -0.4 is 14.9 Å². The van der Waals surface area contributed by atoms with Crippen molar-refractivity contribution in [2.24, 2.45) is 5.10 Å². The molecule has 1 aliphatic rings. The average molecular weight is 358 g/mol. The van der Waals surface area contributed by atoms with E-state index in [1.165, 1.54) is 0 Å². The number of hydrogen-bond donors (Lipinski definition) is 1. The first-order valence-corrected chi connectivity index (χ1v) is 8.64. The van der Waals surface area contributed by atoms with Crippen molar-refractivity contribution in [2.45, 2.75) is 5.92 Å². The lowest BCUT2D eigenvalue weighted by Crippen LogP contribution is -2.26. The summed E-state index contributed by atoms with van der Waals surface area (Å²) in [6.45, 7) is 0.225. The molecule has 0 atom stereocenters. The van der Waals surface area contributed by atoms with Crippen molar-refractivity contribution in [1.82, 2.24) is 5.43 Å². The summed E-state index contributed by atoms with van der Waals surface area (Å²) in [4.78, 5) is 12.9. The third-order valence-electron chi connectivity index (χ3n) is 4.31. The molecule has 0 aliphatic carbocycles. The van der Waals surface area contributed by atoms with Crippen LogP contribution >= 0.6 is 0 Å². The van der Waals surface area contributed by atoms with E-state index in [9.17, 15) is 4.79 Å². The first-order valence-electron chi connectivity index (χ1n) is 8.64. The lowest BCUT2D eigenvalue weighted by atomic mass is 9.91. The number of hydrazone groups is 1. The SMILES string of the molecule is O=C(N/N=C/c1ccc2c(c1)OCO2)C(c1ccccc1)c1ccccc1. The van der Waals surface area contributed by atoms with Gasteiger partial charge >= 0.3 is 0 Å². The Morgan fingerprint density at radius 2 is 1.52 bits per heavy atom. The molecular formula is C22H18N2O3. The van der Waals surface area contributed by atoms with Crippen LogP contribution in [0.3, 0.4) is 0 Å². The molecule has 0 radical (unpaired) electrons. The quantitative estimate of drug-likeness (QED) is 0.559. The van der Waals surface area contributed by atoms with Gasteiger partial charge in [-0.15, -0.1) is 0 Å². The van der Waals surface area contributed by atoms with E-state index < -0.39 is 5.92 Å². The van der Waals surface area contributed by atoms with Crippen LogP contribution in [0.1, 0.15) is 22.6 Å². The average Bonchev–Trinajstić information content (AvgIpc) is 3.18. The van der Waals surface area contributed by atoms with Crippen LogP contribution in [-0.4, -0.2) is 18.9 Å². The minimum atomic E-state index is -0.429. The summed E-state index contributed by atoms with van der Waals surface area (Å²) in [5, 5.41) is 4.12. The molecule has 0 aromatic heterocycles. The first-order chi connectivity index (χ1) is 13.3. The maximum absolute atomic E-state index is 12.9. The highest BCUT2D eigenvalue weighted by molar-refractivity contribution is 5.88. The van der Waals surface area contributed by atoms with Crippen molar-refractivity contribution in [2.75, 3.05) is 6.79 Å². The molecule has 0 bridgehead atoms. The second kappa shape index (κ2) is 7.74. The molecule has 0 fully saturated rings. The molecule has 0 spiro atoms. The number of carbonyl (C=O) groups excluding carboxylic acids is 1. The van der Waals surface area contributed by atoms with E-state index in [4.69, 9.17) is 9.47 Å². The van der Waals surface area contributed by atoms with Crippen LogP contribution in [0.5, 0.6) is 11.5 Å². The number of benzene rings is 3. The number of fused-ring (bicyclic) bond motifs is 1. The van der Waals surface area contributed by atoms with E-state index in [0.29, 0.717) is 11.5 Å². The van der Waals surface area contributed by atoms with Gasteiger partial charge in [-0.05, 0) is 34.9 Å². The van der Waals surface area contributed by atoms with Crippen molar-refractivity contribution >= 4 is 12.1 Å². The number of hydrogen-bond acceptors (Lipinski definition) is 4. The molecule has 1 heterocycles. The van der Waals surface area contributed by atoms with Gasteiger partial charge in [-0.3, -0.25) is 4.79 Å². The Labute approximate surface area is 157 Å². The topological polar surface area (TPSA) is 59.9 Å². The van der Waals surface area contributed by atoms with E-state index in [-0.39, 0.29) is 12.7 Å². The molecule has 0 saturated heterocycles. The third kappa shape index (κ3) is 3.82. The number of carbonyl (C=O) groups is 1. The summed E-state index contributed by atoms with van der Waals surface area (Å²) in [5.74, 6) is 0.770. The van der Waals surface area contributed by atoms with Gasteiger partial charge in [-0.2, -0.15) is 5.10 Å². The zero-order valence-corrected chi connectivity index (χ0v) is 14.5. The number of nitrogens with zero attached hydrogens (tertiary/aromatic N) is 1. The van der Waals surface area contributed by atoms with Gasteiger partial charge in [0.1, 0.15) is 0 Å². The van der Waals surface area contributed by atoms with Gasteiger partial charge in [0.15, 0.2) is 11.5 Å². The fraction of sp³-hybridized carbons (Fsp3) is 0.0909. The Bertz CT molecular complexity index is 916. The Morgan fingerprint density at radius 1 is 0.889 bits per heavy atom. The van der Waals surface area contributed by atoms with E-state index in [1.54, 1.807) is 6.21 Å². The largest absolute Gasteiger partial charge is 0.454 e. The lowest BCUT2D eigenvalue weighted by Gasteiger charge is -2.16. The normalized spacial score (nSPS) is 12.5. The molecule has 1 aliphatic heterocycles. The molecule has 0 saturated carbocycles. The Hall–Kier alpha value is -3.60. The van der Waals surface area contributed by atoms with Crippen LogP contribution in [0.2, 0.25) is 0 Å². The molecule has 134 valence electrons. The summed E-state index contributed by atoms with van der Waals surface area (Å²) in [7, 11) is 0. The zero-order valence-electron chi connectivity index (χ0n) is 14.5. The standard InChI is InChI=1S/C22H18N2O3/c25-22(24-23-14-16-11-12-19-20(13-16)27-15-26-19)21(17-7-3-1-4-8-17)18-9-5-2-6-10-18/h1-14,21H,15H2,(H,24,25)/b23-14+. The smallest absolute Gasteiger partial charge is 0.252 e. The van der Waals surface area contributed by atoms with Crippen LogP contribution in [0.25, 0.3) is 0 Å². The highest BCUT2D eigenvalue weighted by Crippen LogP contribution is 2.32. The van der Waals surface area contributed by atoms with Crippen molar-refractivity contribution < 1.29 is 14.3 Å². The molecule has 3 aromatic rings. The Balaban J connectivity index is 1.52. The monoisotopic (exact) mass is 358 g/mol. The lowest BCUT2D eigenvalue weighted by molar-refractivity contribution is -0.121. The highest BCUT2D eigenvalue weighted by Gasteiger charge is 2.22. The summed E-state index contributed by atoms with van der Waals surface area (Å²) in [6.07, 6.45) is 1.59. The minimum Gasteiger partial charge on any atom is -0.454 e. The van der Waals surface area contributed by atoms with Crippen molar-refractivity contribution in [3.8, 4) is 11.5 Å². The number of amides is 1. The molecule has 5 heteroatoms.